The van der Waals surface area contributed by atoms with E-state index >= 15 is 0 Å². The zero-order chi connectivity index (χ0) is 35.8. The standard InChI is InChI=1S/C35H43F3O11/c1-22-11-10-14-27-28(49-33(2,3)48-27)16-15-25(47-32(40)34(43-6,35(36,37)38)24-12-8-7-9-13-24)17-23-18-26(44-20-41-4)19-29(45-21-42-5)30(23)31(39)46-22/h7-10,12-14,18-19,22,25,27-28H,11,15-17,20-21H2,1-6H3/t22-,25-,27+,28-,34?/m0/s1. The van der Waals surface area contributed by atoms with Crippen LogP contribution in [0.15, 0.2) is 54.6 Å². The molecule has 2 aliphatic heterocycles. The molecule has 0 bridgehead atoms. The monoisotopic (exact) mass is 696 g/mol. The Balaban J connectivity index is 1.84. The zero-order valence-electron chi connectivity index (χ0n) is 28.4. The number of methoxy groups -OCH3 is 3. The van der Waals surface area contributed by atoms with Crippen LogP contribution in [0.1, 0.15) is 61.5 Å². The van der Waals surface area contributed by atoms with E-state index < -0.39 is 59.5 Å². The molecule has 2 aromatic rings. The summed E-state index contributed by atoms with van der Waals surface area (Å²) in [5.74, 6) is -3.17. The van der Waals surface area contributed by atoms with Crippen molar-refractivity contribution in [3.8, 4) is 11.5 Å². The highest BCUT2D eigenvalue weighted by atomic mass is 19.4. The molecule has 5 atom stereocenters. The van der Waals surface area contributed by atoms with Gasteiger partial charge in [0, 0.05) is 45.8 Å². The molecule has 2 heterocycles. The number of esters is 2. The van der Waals surface area contributed by atoms with Crippen molar-refractivity contribution < 1.29 is 65.4 Å². The fourth-order valence-corrected chi connectivity index (χ4v) is 5.85. The number of alkyl halides is 3. The van der Waals surface area contributed by atoms with Gasteiger partial charge in [0.2, 0.25) is 0 Å². The second-order valence-electron chi connectivity index (χ2n) is 12.1. The lowest BCUT2D eigenvalue weighted by Crippen LogP contribution is -2.52. The fraction of sp³-hybridized carbons (Fsp3) is 0.543. The lowest BCUT2D eigenvalue weighted by Gasteiger charge is -2.34. The third-order valence-electron chi connectivity index (χ3n) is 8.03. The number of carbonyl (C=O) groups excluding carboxylic acids is 2. The predicted octanol–water partition coefficient (Wildman–Crippen LogP) is 6.02. The maximum absolute atomic E-state index is 14.9. The lowest BCUT2D eigenvalue weighted by atomic mass is 9.92. The summed E-state index contributed by atoms with van der Waals surface area (Å²) < 4.78 is 94.8. The number of halogens is 3. The summed E-state index contributed by atoms with van der Waals surface area (Å²) in [6.07, 6.45) is -4.16. The molecule has 0 aliphatic carbocycles. The van der Waals surface area contributed by atoms with Gasteiger partial charge in [0.05, 0.1) is 6.10 Å². The van der Waals surface area contributed by atoms with Crippen LogP contribution in [0.25, 0.3) is 0 Å². The van der Waals surface area contributed by atoms with Crippen LogP contribution in [0, 0.1) is 0 Å². The molecule has 1 unspecified atom stereocenters. The van der Waals surface area contributed by atoms with Gasteiger partial charge in [-0.15, -0.1) is 0 Å². The molecule has 0 spiro atoms. The molecule has 4 rings (SSSR count). The first kappa shape index (κ1) is 38.1. The summed E-state index contributed by atoms with van der Waals surface area (Å²) in [6, 6.07) is 9.46. The Bertz CT molecular complexity index is 1450. The summed E-state index contributed by atoms with van der Waals surface area (Å²) in [5.41, 5.74) is -3.72. The van der Waals surface area contributed by atoms with E-state index in [1.54, 1.807) is 26.8 Å². The second kappa shape index (κ2) is 16.3. The van der Waals surface area contributed by atoms with Crippen molar-refractivity contribution in [3.05, 3.63) is 71.3 Å². The van der Waals surface area contributed by atoms with Crippen molar-refractivity contribution in [2.24, 2.45) is 0 Å². The van der Waals surface area contributed by atoms with Crippen molar-refractivity contribution >= 4 is 11.9 Å². The Morgan fingerprint density at radius 1 is 0.980 bits per heavy atom. The third-order valence-corrected chi connectivity index (χ3v) is 8.03. The summed E-state index contributed by atoms with van der Waals surface area (Å²) in [5, 5.41) is 0. The molecule has 0 radical (unpaired) electrons. The maximum atomic E-state index is 14.9. The molecule has 1 fully saturated rings. The number of carbonyl (C=O) groups is 2. The SMILES string of the molecule is COCOc1cc2c(c(OCOC)c1)C(=O)O[C@@H](C)CC=C[C@H]1OC(C)(C)O[C@H]1CC[C@H](OC(=O)C(OC)(c1ccccc1)C(F)(F)F)C2. The first-order valence-electron chi connectivity index (χ1n) is 15.8. The second-order valence-corrected chi connectivity index (χ2v) is 12.1. The predicted molar refractivity (Wildman–Crippen MR) is 168 cm³/mol. The molecule has 2 aliphatic rings. The molecule has 0 saturated carbocycles. The Hall–Kier alpha value is -3.69. The first-order valence-corrected chi connectivity index (χ1v) is 15.8. The molecule has 0 aromatic heterocycles. The summed E-state index contributed by atoms with van der Waals surface area (Å²) in [4.78, 5) is 27.6. The molecule has 270 valence electrons. The minimum atomic E-state index is -5.20. The Kier molecular flexibility index (Phi) is 12.7. The zero-order valence-corrected chi connectivity index (χ0v) is 28.4. The number of ether oxygens (including phenoxy) is 9. The van der Waals surface area contributed by atoms with Crippen LogP contribution in [0.5, 0.6) is 11.5 Å². The van der Waals surface area contributed by atoms with Gasteiger partial charge in [0.1, 0.15) is 35.4 Å². The smallest absolute Gasteiger partial charge is 0.432 e. The van der Waals surface area contributed by atoms with Gasteiger partial charge < -0.3 is 42.6 Å². The fourth-order valence-electron chi connectivity index (χ4n) is 5.85. The van der Waals surface area contributed by atoms with Gasteiger partial charge in [0.15, 0.2) is 19.4 Å². The summed E-state index contributed by atoms with van der Waals surface area (Å²) >= 11 is 0. The van der Waals surface area contributed by atoms with Gasteiger partial charge in [-0.25, -0.2) is 9.59 Å². The van der Waals surface area contributed by atoms with Crippen molar-refractivity contribution in [2.75, 3.05) is 34.9 Å². The minimum absolute atomic E-state index is 0.00886. The van der Waals surface area contributed by atoms with Crippen LogP contribution < -0.4 is 9.47 Å². The van der Waals surface area contributed by atoms with Gasteiger partial charge in [-0.1, -0.05) is 42.5 Å². The largest absolute Gasteiger partial charge is 0.467 e. The highest BCUT2D eigenvalue weighted by molar-refractivity contribution is 5.95. The average molecular weight is 697 g/mol. The first-order chi connectivity index (χ1) is 23.2. The maximum Gasteiger partial charge on any atom is 0.432 e. The van der Waals surface area contributed by atoms with E-state index in [4.69, 9.17) is 42.6 Å². The minimum Gasteiger partial charge on any atom is -0.467 e. The Labute approximate surface area is 283 Å². The van der Waals surface area contributed by atoms with Gasteiger partial charge >= 0.3 is 18.1 Å². The van der Waals surface area contributed by atoms with E-state index in [2.05, 4.69) is 0 Å². The summed E-state index contributed by atoms with van der Waals surface area (Å²) in [7, 11) is 3.61. The lowest BCUT2D eigenvalue weighted by molar-refractivity contribution is -0.278. The number of benzene rings is 2. The van der Waals surface area contributed by atoms with Crippen LogP contribution in [-0.4, -0.2) is 83.2 Å². The molecular formula is C35H43F3O11. The van der Waals surface area contributed by atoms with Crippen molar-refractivity contribution in [2.45, 2.75) is 88.4 Å². The number of cyclic esters (lactones) is 1. The average Bonchev–Trinajstić information content (AvgIpc) is 3.34. The molecule has 0 amide bonds. The van der Waals surface area contributed by atoms with Crippen molar-refractivity contribution in [1.82, 2.24) is 0 Å². The molecule has 0 N–H and O–H groups in total. The Morgan fingerprint density at radius 3 is 2.33 bits per heavy atom. The molecule has 14 heteroatoms. The quantitative estimate of drug-likeness (QED) is 0.165. The van der Waals surface area contributed by atoms with Gasteiger partial charge in [-0.2, -0.15) is 13.2 Å². The summed E-state index contributed by atoms with van der Waals surface area (Å²) in [6.45, 7) is 4.80. The highest BCUT2D eigenvalue weighted by Crippen LogP contribution is 2.44. The molecule has 49 heavy (non-hydrogen) atoms. The highest BCUT2D eigenvalue weighted by Gasteiger charge is 2.64. The van der Waals surface area contributed by atoms with Crippen LogP contribution in [0.2, 0.25) is 0 Å². The van der Waals surface area contributed by atoms with Crippen LogP contribution >= 0.6 is 0 Å². The normalized spacial score (nSPS) is 24.1. The van der Waals surface area contributed by atoms with Gasteiger partial charge in [0.25, 0.3) is 5.60 Å². The van der Waals surface area contributed by atoms with Gasteiger partial charge in [-0.3, -0.25) is 0 Å². The van der Waals surface area contributed by atoms with E-state index in [1.165, 1.54) is 44.6 Å². The third kappa shape index (κ3) is 9.11. The molecular weight excluding hydrogens is 653 g/mol. The van der Waals surface area contributed by atoms with Crippen LogP contribution in [0.4, 0.5) is 13.2 Å². The van der Waals surface area contributed by atoms with E-state index in [9.17, 15) is 22.8 Å². The van der Waals surface area contributed by atoms with E-state index in [0.29, 0.717) is 6.42 Å². The van der Waals surface area contributed by atoms with Crippen LogP contribution in [-0.2, 0) is 50.0 Å². The number of hydrogen-bond donors (Lipinski definition) is 0. The molecule has 2 aromatic carbocycles. The topological polar surface area (TPSA) is 117 Å². The van der Waals surface area contributed by atoms with E-state index in [1.807, 2.05) is 6.08 Å². The van der Waals surface area contributed by atoms with Crippen molar-refractivity contribution in [1.29, 1.82) is 0 Å². The number of fused-ring (bicyclic) bond motifs is 2. The number of rotatable bonds is 10. The van der Waals surface area contributed by atoms with Crippen LogP contribution in [0.3, 0.4) is 0 Å². The Morgan fingerprint density at radius 2 is 1.67 bits per heavy atom. The van der Waals surface area contributed by atoms with E-state index in [-0.39, 0.29) is 55.5 Å². The van der Waals surface area contributed by atoms with E-state index in [0.717, 1.165) is 19.2 Å². The molecule has 1 saturated heterocycles. The van der Waals surface area contributed by atoms with Gasteiger partial charge in [-0.05, 0) is 45.2 Å². The van der Waals surface area contributed by atoms with Crippen molar-refractivity contribution in [3.63, 3.8) is 0 Å². The number of hydrogen-bond acceptors (Lipinski definition) is 11. The molecule has 11 nitrogen and oxygen atoms in total.